The lowest BCUT2D eigenvalue weighted by Crippen LogP contribution is -2.48. The maximum Gasteiger partial charge on any atom is 0.423 e. The monoisotopic (exact) mass is 219 g/mol. The Hall–Kier alpha value is -1.68. The molecule has 16 heavy (non-hydrogen) atoms. The molecular weight excluding hydrogens is 204 g/mol. The molecule has 1 heterocycles. The van der Waals surface area contributed by atoms with E-state index in [1.165, 1.54) is 5.56 Å². The van der Waals surface area contributed by atoms with Crippen LogP contribution in [0.2, 0.25) is 0 Å². The van der Waals surface area contributed by atoms with E-state index in [1.54, 1.807) is 7.05 Å². The van der Waals surface area contributed by atoms with Crippen molar-refractivity contribution in [3.8, 4) is 0 Å². The van der Waals surface area contributed by atoms with Crippen molar-refractivity contribution in [2.75, 3.05) is 20.1 Å². The molecule has 0 aromatic heterocycles. The second-order valence-corrected chi connectivity index (χ2v) is 4.37. The molecule has 84 valence electrons. The molecular formula is C12H15N2O2+. The van der Waals surface area contributed by atoms with Gasteiger partial charge in [0.05, 0.1) is 13.6 Å². The number of quaternary nitrogens is 1. The lowest BCUT2D eigenvalue weighted by molar-refractivity contribution is -0.815. The third kappa shape index (κ3) is 2.12. The molecule has 1 aromatic rings. The van der Waals surface area contributed by atoms with E-state index in [2.05, 4.69) is 5.32 Å². The van der Waals surface area contributed by atoms with Crippen molar-refractivity contribution in [1.29, 1.82) is 0 Å². The Morgan fingerprint density at radius 2 is 1.94 bits per heavy atom. The van der Waals surface area contributed by atoms with Crippen LogP contribution in [0.3, 0.4) is 0 Å². The molecule has 0 saturated carbocycles. The Morgan fingerprint density at radius 1 is 1.25 bits per heavy atom. The Balaban J connectivity index is 2.00. The zero-order valence-electron chi connectivity index (χ0n) is 9.27. The first kappa shape index (κ1) is 10.8. The number of imide groups is 1. The van der Waals surface area contributed by atoms with Crippen LogP contribution in [0, 0.1) is 0 Å². The van der Waals surface area contributed by atoms with Gasteiger partial charge in [-0.1, -0.05) is 30.3 Å². The number of nitrogens with zero attached hydrogens (tertiary/aromatic N) is 1. The summed E-state index contributed by atoms with van der Waals surface area (Å²) in [6, 6.07) is 9.78. The van der Waals surface area contributed by atoms with Crippen LogP contribution in [0.5, 0.6) is 0 Å². The smallest absolute Gasteiger partial charge is 0.268 e. The molecule has 1 aliphatic heterocycles. The van der Waals surface area contributed by atoms with Gasteiger partial charge < -0.3 is 0 Å². The molecule has 3 amide bonds. The molecule has 4 nitrogen and oxygen atoms in total. The van der Waals surface area contributed by atoms with E-state index in [0.29, 0.717) is 6.54 Å². The molecule has 1 aliphatic rings. The third-order valence-corrected chi connectivity index (χ3v) is 2.97. The summed E-state index contributed by atoms with van der Waals surface area (Å²) in [6.45, 7) is 0.910. The Kier molecular flexibility index (Phi) is 2.75. The van der Waals surface area contributed by atoms with Gasteiger partial charge in [0, 0.05) is 6.42 Å². The Labute approximate surface area is 94.5 Å². The van der Waals surface area contributed by atoms with Gasteiger partial charge in [0.2, 0.25) is 0 Å². The number of carbonyl (C=O) groups is 2. The summed E-state index contributed by atoms with van der Waals surface area (Å²) in [5.74, 6) is -0.180. The summed E-state index contributed by atoms with van der Waals surface area (Å²) in [5, 5.41) is 2.34. The quantitative estimate of drug-likeness (QED) is 0.607. The first-order chi connectivity index (χ1) is 7.60. The van der Waals surface area contributed by atoms with Crippen LogP contribution in [-0.2, 0) is 11.2 Å². The van der Waals surface area contributed by atoms with E-state index in [-0.39, 0.29) is 23.0 Å². The molecule has 1 aromatic carbocycles. The number of amides is 3. The van der Waals surface area contributed by atoms with Gasteiger partial charge in [-0.2, -0.15) is 0 Å². The van der Waals surface area contributed by atoms with Crippen LogP contribution in [0.15, 0.2) is 30.3 Å². The minimum atomic E-state index is -0.194. The summed E-state index contributed by atoms with van der Waals surface area (Å²) >= 11 is 0. The number of hydrogen-bond acceptors (Lipinski definition) is 2. The largest absolute Gasteiger partial charge is 0.423 e. The van der Waals surface area contributed by atoms with Crippen molar-refractivity contribution in [3.05, 3.63) is 35.9 Å². The van der Waals surface area contributed by atoms with Crippen LogP contribution in [0.4, 0.5) is 4.79 Å². The number of rotatable bonds is 3. The van der Waals surface area contributed by atoms with E-state index < -0.39 is 0 Å². The predicted octanol–water partition coefficient (Wildman–Crippen LogP) is 0.925. The van der Waals surface area contributed by atoms with Gasteiger partial charge in [-0.05, 0) is 5.56 Å². The number of likely N-dealkylation sites (N-methyl/N-ethyl adjacent to an activating group) is 1. The van der Waals surface area contributed by atoms with Crippen LogP contribution in [0.1, 0.15) is 5.56 Å². The fourth-order valence-corrected chi connectivity index (χ4v) is 1.88. The highest BCUT2D eigenvalue weighted by atomic mass is 16.2. The number of benzene rings is 1. The maximum atomic E-state index is 11.6. The average molecular weight is 219 g/mol. The summed E-state index contributed by atoms with van der Waals surface area (Å²) in [6.07, 6.45) is 0.804. The van der Waals surface area contributed by atoms with Crippen molar-refractivity contribution in [3.63, 3.8) is 0 Å². The highest BCUT2D eigenvalue weighted by Gasteiger charge is 2.42. The van der Waals surface area contributed by atoms with E-state index in [9.17, 15) is 9.59 Å². The van der Waals surface area contributed by atoms with Crippen LogP contribution < -0.4 is 5.32 Å². The standard InChI is InChI=1S/C12H14N2O2/c1-14(9-11(15)13-12(14)16)8-7-10-5-3-2-4-6-10/h2-6H,7-9H2,1H3/p+1. The van der Waals surface area contributed by atoms with Crippen LogP contribution in [-0.4, -0.2) is 36.6 Å². The Morgan fingerprint density at radius 3 is 2.50 bits per heavy atom. The highest BCUT2D eigenvalue weighted by molar-refractivity contribution is 5.97. The zero-order valence-corrected chi connectivity index (χ0v) is 9.27. The average Bonchev–Trinajstić information content (AvgIpc) is 2.52. The molecule has 4 heteroatoms. The normalized spacial score (nSPS) is 24.6. The highest BCUT2D eigenvalue weighted by Crippen LogP contribution is 2.11. The number of urea groups is 1. The van der Waals surface area contributed by atoms with Gasteiger partial charge in [0.1, 0.15) is 0 Å². The predicted molar refractivity (Wildman–Crippen MR) is 59.6 cm³/mol. The minimum Gasteiger partial charge on any atom is -0.268 e. The molecule has 0 bridgehead atoms. The van der Waals surface area contributed by atoms with E-state index in [0.717, 1.165) is 6.42 Å². The van der Waals surface area contributed by atoms with Gasteiger partial charge in [0.15, 0.2) is 6.54 Å². The fourth-order valence-electron chi connectivity index (χ4n) is 1.88. The molecule has 0 spiro atoms. The van der Waals surface area contributed by atoms with Crippen LogP contribution >= 0.6 is 0 Å². The van der Waals surface area contributed by atoms with Gasteiger partial charge in [-0.25, -0.2) is 14.6 Å². The third-order valence-electron chi connectivity index (χ3n) is 2.97. The second-order valence-electron chi connectivity index (χ2n) is 4.37. The van der Waals surface area contributed by atoms with Crippen molar-refractivity contribution in [2.45, 2.75) is 6.42 Å². The molecule has 1 unspecified atom stereocenters. The molecule has 1 fully saturated rings. The Bertz CT molecular complexity index is 416. The zero-order chi connectivity index (χ0) is 11.6. The van der Waals surface area contributed by atoms with E-state index in [4.69, 9.17) is 0 Å². The summed E-state index contributed by atoms with van der Waals surface area (Å²) in [5.41, 5.74) is 1.19. The SMILES string of the molecule is C[N+]1(CCc2ccccc2)CC(=O)NC1=O. The lowest BCUT2D eigenvalue weighted by atomic mass is 10.1. The first-order valence-electron chi connectivity index (χ1n) is 5.33. The fraction of sp³-hybridized carbons (Fsp3) is 0.333. The van der Waals surface area contributed by atoms with Crippen molar-refractivity contribution in [1.82, 2.24) is 5.32 Å². The molecule has 1 saturated heterocycles. The minimum absolute atomic E-state index is 0.160. The summed E-state index contributed by atoms with van der Waals surface area (Å²) in [7, 11) is 1.79. The molecule has 1 N–H and O–H groups in total. The van der Waals surface area contributed by atoms with Gasteiger partial charge in [0.25, 0.3) is 5.91 Å². The molecule has 0 radical (unpaired) electrons. The second kappa shape index (κ2) is 4.06. The lowest BCUT2D eigenvalue weighted by Gasteiger charge is -2.23. The summed E-state index contributed by atoms with van der Waals surface area (Å²) in [4.78, 5) is 22.7. The van der Waals surface area contributed by atoms with Crippen molar-refractivity contribution < 1.29 is 14.1 Å². The first-order valence-corrected chi connectivity index (χ1v) is 5.33. The topological polar surface area (TPSA) is 46.2 Å². The van der Waals surface area contributed by atoms with E-state index >= 15 is 0 Å². The molecule has 0 aliphatic carbocycles. The van der Waals surface area contributed by atoms with Gasteiger partial charge in [-0.15, -0.1) is 0 Å². The summed E-state index contributed by atoms with van der Waals surface area (Å²) < 4.78 is 0.160. The number of nitrogens with one attached hydrogen (secondary N) is 1. The molecule has 2 rings (SSSR count). The maximum absolute atomic E-state index is 11.6. The number of carbonyl (C=O) groups excluding carboxylic acids is 2. The number of hydrogen-bond donors (Lipinski definition) is 1. The van der Waals surface area contributed by atoms with Crippen molar-refractivity contribution >= 4 is 11.9 Å². The van der Waals surface area contributed by atoms with E-state index in [1.807, 2.05) is 30.3 Å². The van der Waals surface area contributed by atoms with Crippen LogP contribution in [0.25, 0.3) is 0 Å². The molecule has 1 atom stereocenters. The van der Waals surface area contributed by atoms with Gasteiger partial charge >= 0.3 is 6.03 Å². The van der Waals surface area contributed by atoms with Crippen molar-refractivity contribution in [2.24, 2.45) is 0 Å². The van der Waals surface area contributed by atoms with Gasteiger partial charge in [-0.3, -0.25) is 4.79 Å².